The maximum Gasteiger partial charge on any atom is 0.339 e. The molecule has 9 heteroatoms. The third-order valence-electron chi connectivity index (χ3n) is 2.83. The molecule has 0 aliphatic heterocycles. The lowest BCUT2D eigenvalue weighted by Crippen LogP contribution is -2.10. The number of carboxylic acids is 1. The van der Waals surface area contributed by atoms with Crippen molar-refractivity contribution in [1.29, 1.82) is 0 Å². The first-order valence-electron chi connectivity index (χ1n) is 5.83. The van der Waals surface area contributed by atoms with E-state index in [4.69, 9.17) is 16.7 Å². The van der Waals surface area contributed by atoms with Gasteiger partial charge in [-0.2, -0.15) is 8.75 Å². The first-order chi connectivity index (χ1) is 10.2. The van der Waals surface area contributed by atoms with Gasteiger partial charge in [-0.1, -0.05) is 11.6 Å². The lowest BCUT2D eigenvalue weighted by molar-refractivity contribution is 0.0694. The number of hydrogen-bond donors (Lipinski definition) is 2. The second-order valence-corrected chi connectivity index (χ2v) is 5.03. The van der Waals surface area contributed by atoms with Crippen LogP contribution in [-0.2, 0) is 6.54 Å². The van der Waals surface area contributed by atoms with Gasteiger partial charge in [0.1, 0.15) is 22.9 Å². The summed E-state index contributed by atoms with van der Waals surface area (Å²) in [7, 11) is 0. The van der Waals surface area contributed by atoms with Gasteiger partial charge in [-0.05, 0) is 12.1 Å². The molecule has 0 fully saturated rings. The van der Waals surface area contributed by atoms with E-state index in [-0.39, 0.29) is 12.1 Å². The number of aromatic nitrogens is 4. The molecule has 2 N–H and O–H groups in total. The SMILES string of the molecule is O=C(O)c1cncnc1CNc1c(Cl)ccc2nsnc12. The molecule has 0 aliphatic carbocycles. The van der Waals surface area contributed by atoms with Crippen LogP contribution in [-0.4, -0.2) is 29.8 Å². The number of fused-ring (bicyclic) bond motifs is 1. The third kappa shape index (κ3) is 2.63. The summed E-state index contributed by atoms with van der Waals surface area (Å²) in [4.78, 5) is 18.8. The van der Waals surface area contributed by atoms with Gasteiger partial charge in [-0.3, -0.25) is 0 Å². The summed E-state index contributed by atoms with van der Waals surface area (Å²) >= 11 is 7.24. The van der Waals surface area contributed by atoms with Gasteiger partial charge < -0.3 is 10.4 Å². The minimum atomic E-state index is -1.08. The van der Waals surface area contributed by atoms with Crippen molar-refractivity contribution >= 4 is 46.0 Å². The summed E-state index contributed by atoms with van der Waals surface area (Å²) in [6, 6.07) is 3.49. The number of anilines is 1. The van der Waals surface area contributed by atoms with Crippen LogP contribution >= 0.6 is 23.3 Å². The van der Waals surface area contributed by atoms with Crippen LogP contribution in [0, 0.1) is 0 Å². The molecule has 0 saturated carbocycles. The highest BCUT2D eigenvalue weighted by molar-refractivity contribution is 7.00. The van der Waals surface area contributed by atoms with Crippen LogP contribution < -0.4 is 5.32 Å². The molecule has 21 heavy (non-hydrogen) atoms. The fourth-order valence-corrected chi connectivity index (χ4v) is 2.60. The van der Waals surface area contributed by atoms with E-state index in [9.17, 15) is 4.79 Å². The van der Waals surface area contributed by atoms with E-state index in [0.29, 0.717) is 21.9 Å². The van der Waals surface area contributed by atoms with Crippen molar-refractivity contribution in [2.75, 3.05) is 5.32 Å². The van der Waals surface area contributed by atoms with Gasteiger partial charge in [0.15, 0.2) is 0 Å². The first kappa shape index (κ1) is 13.7. The van der Waals surface area contributed by atoms with Crippen LogP contribution in [0.1, 0.15) is 16.1 Å². The molecule has 1 aromatic carbocycles. The number of aromatic carboxylic acids is 1. The number of rotatable bonds is 4. The fraction of sp³-hybridized carbons (Fsp3) is 0.0833. The van der Waals surface area contributed by atoms with Crippen molar-refractivity contribution in [3.05, 3.63) is 40.9 Å². The van der Waals surface area contributed by atoms with Gasteiger partial charge in [-0.15, -0.1) is 0 Å². The fourth-order valence-electron chi connectivity index (χ4n) is 1.84. The Hall–Kier alpha value is -2.32. The zero-order valence-corrected chi connectivity index (χ0v) is 12.0. The molecule has 0 amide bonds. The maximum absolute atomic E-state index is 11.1. The molecule has 106 valence electrons. The molecule has 3 aromatic rings. The molecule has 3 rings (SSSR count). The highest BCUT2D eigenvalue weighted by Crippen LogP contribution is 2.30. The van der Waals surface area contributed by atoms with Gasteiger partial charge in [-0.25, -0.2) is 14.8 Å². The first-order valence-corrected chi connectivity index (χ1v) is 6.94. The highest BCUT2D eigenvalue weighted by Gasteiger charge is 2.14. The van der Waals surface area contributed by atoms with Gasteiger partial charge in [0.2, 0.25) is 0 Å². The van der Waals surface area contributed by atoms with Crippen LogP contribution in [0.15, 0.2) is 24.7 Å². The monoisotopic (exact) mass is 321 g/mol. The van der Waals surface area contributed by atoms with E-state index in [0.717, 1.165) is 17.2 Å². The van der Waals surface area contributed by atoms with Gasteiger partial charge in [0.05, 0.1) is 34.7 Å². The van der Waals surface area contributed by atoms with Crippen LogP contribution in [0.2, 0.25) is 5.02 Å². The zero-order chi connectivity index (χ0) is 14.8. The third-order valence-corrected chi connectivity index (χ3v) is 3.69. The number of nitrogens with zero attached hydrogens (tertiary/aromatic N) is 4. The Morgan fingerprint density at radius 1 is 1.38 bits per heavy atom. The quantitative estimate of drug-likeness (QED) is 0.761. The molecule has 0 saturated heterocycles. The van der Waals surface area contributed by atoms with Gasteiger partial charge in [0.25, 0.3) is 0 Å². The summed E-state index contributed by atoms with van der Waals surface area (Å²) < 4.78 is 8.32. The summed E-state index contributed by atoms with van der Waals surface area (Å²) in [6.45, 7) is 0.195. The van der Waals surface area contributed by atoms with Crippen LogP contribution in [0.3, 0.4) is 0 Å². The van der Waals surface area contributed by atoms with Crippen molar-refractivity contribution in [2.45, 2.75) is 6.54 Å². The lowest BCUT2D eigenvalue weighted by atomic mass is 10.2. The highest BCUT2D eigenvalue weighted by atomic mass is 35.5. The molecular weight excluding hydrogens is 314 g/mol. The normalized spacial score (nSPS) is 10.7. The molecule has 7 nitrogen and oxygen atoms in total. The number of carbonyl (C=O) groups is 1. The molecule has 0 bridgehead atoms. The Bertz CT molecular complexity index is 822. The van der Waals surface area contributed by atoms with Crippen molar-refractivity contribution < 1.29 is 9.90 Å². The Morgan fingerprint density at radius 3 is 3.05 bits per heavy atom. The van der Waals surface area contributed by atoms with Crippen LogP contribution in [0.25, 0.3) is 11.0 Å². The maximum atomic E-state index is 11.1. The molecule has 0 aliphatic rings. The Balaban J connectivity index is 1.92. The standard InChI is InChI=1S/C12H8ClN5O2S/c13-7-1-2-8-11(18-21-17-8)10(7)15-4-9-6(12(19)20)3-14-5-16-9/h1-3,5,15H,4H2,(H,19,20). The predicted octanol–water partition coefficient (Wildman–Crippen LogP) is 2.45. The Kier molecular flexibility index (Phi) is 3.63. The minimum absolute atomic E-state index is 0.0460. The van der Waals surface area contributed by atoms with Crippen LogP contribution in [0.4, 0.5) is 5.69 Å². The van der Waals surface area contributed by atoms with E-state index >= 15 is 0 Å². The predicted molar refractivity (Wildman–Crippen MR) is 78.7 cm³/mol. The zero-order valence-electron chi connectivity index (χ0n) is 10.4. The largest absolute Gasteiger partial charge is 0.478 e. The molecule has 2 heterocycles. The second kappa shape index (κ2) is 5.58. The van der Waals surface area contributed by atoms with Gasteiger partial charge in [0, 0.05) is 6.20 Å². The smallest absolute Gasteiger partial charge is 0.339 e. The number of nitrogens with one attached hydrogen (secondary N) is 1. The molecular formula is C12H8ClN5O2S. The number of carboxylic acid groups (broad SMARTS) is 1. The summed E-state index contributed by atoms with van der Waals surface area (Å²) in [5.41, 5.74) is 2.41. The number of benzene rings is 1. The topological polar surface area (TPSA) is 101 Å². The minimum Gasteiger partial charge on any atom is -0.478 e. The average Bonchev–Trinajstić information content (AvgIpc) is 2.95. The van der Waals surface area contributed by atoms with Gasteiger partial charge >= 0.3 is 5.97 Å². The molecule has 0 atom stereocenters. The number of halogens is 1. The molecule has 0 spiro atoms. The summed E-state index contributed by atoms with van der Waals surface area (Å²) in [5.74, 6) is -1.08. The second-order valence-electron chi connectivity index (χ2n) is 4.10. The van der Waals surface area contributed by atoms with Crippen molar-refractivity contribution in [3.63, 3.8) is 0 Å². The summed E-state index contributed by atoms with van der Waals surface area (Å²) in [6.07, 6.45) is 2.56. The summed E-state index contributed by atoms with van der Waals surface area (Å²) in [5, 5.41) is 12.7. The van der Waals surface area contributed by atoms with E-state index in [2.05, 4.69) is 24.0 Å². The average molecular weight is 322 g/mol. The lowest BCUT2D eigenvalue weighted by Gasteiger charge is -2.09. The molecule has 0 radical (unpaired) electrons. The molecule has 0 unspecified atom stereocenters. The number of hydrogen-bond acceptors (Lipinski definition) is 7. The Labute approximate surface area is 128 Å². The van der Waals surface area contributed by atoms with Crippen molar-refractivity contribution in [3.8, 4) is 0 Å². The van der Waals surface area contributed by atoms with Crippen LogP contribution in [0.5, 0.6) is 0 Å². The van der Waals surface area contributed by atoms with E-state index in [1.807, 2.05) is 0 Å². The Morgan fingerprint density at radius 2 is 2.24 bits per heavy atom. The van der Waals surface area contributed by atoms with E-state index in [1.165, 1.54) is 12.5 Å². The van der Waals surface area contributed by atoms with E-state index < -0.39 is 5.97 Å². The van der Waals surface area contributed by atoms with E-state index in [1.54, 1.807) is 12.1 Å². The van der Waals surface area contributed by atoms with Crippen molar-refractivity contribution in [1.82, 2.24) is 18.7 Å². The molecule has 2 aromatic heterocycles. The van der Waals surface area contributed by atoms with Crippen molar-refractivity contribution in [2.24, 2.45) is 0 Å².